The Morgan fingerprint density at radius 1 is 1.35 bits per heavy atom. The summed E-state index contributed by atoms with van der Waals surface area (Å²) in [7, 11) is -3.45. The maximum atomic E-state index is 12.1. The molecule has 4 nitrogen and oxygen atoms in total. The predicted molar refractivity (Wildman–Crippen MR) is 73.4 cm³/mol. The number of sulfonamides is 1. The van der Waals surface area contributed by atoms with Gasteiger partial charge in [-0.2, -0.15) is 0 Å². The molecule has 1 aliphatic heterocycles. The largest absolute Gasteiger partial charge is 0.315 e. The molecule has 17 heavy (non-hydrogen) atoms. The summed E-state index contributed by atoms with van der Waals surface area (Å²) in [5.41, 5.74) is 0. The maximum Gasteiger partial charge on any atom is 0.241 e. The first kappa shape index (κ1) is 13.5. The van der Waals surface area contributed by atoms with Crippen molar-refractivity contribution >= 4 is 41.9 Å². The molecule has 2 N–H and O–H groups in total. The van der Waals surface area contributed by atoms with Gasteiger partial charge in [-0.05, 0) is 47.1 Å². The summed E-state index contributed by atoms with van der Waals surface area (Å²) in [6.07, 6.45) is 0.827. The van der Waals surface area contributed by atoms with Crippen LogP contribution in [0.4, 0.5) is 0 Å². The van der Waals surface area contributed by atoms with Crippen LogP contribution in [0.5, 0.6) is 0 Å². The second-order valence-electron chi connectivity index (χ2n) is 3.89. The minimum Gasteiger partial charge on any atom is -0.315 e. The summed E-state index contributed by atoms with van der Waals surface area (Å²) >= 11 is 6.56. The van der Waals surface area contributed by atoms with E-state index in [0.29, 0.717) is 11.0 Å². The van der Waals surface area contributed by atoms with Gasteiger partial charge in [-0.3, -0.25) is 0 Å². The third-order valence-corrected chi connectivity index (χ3v) is 5.56. The summed E-state index contributed by atoms with van der Waals surface area (Å²) in [6.45, 7) is 1.54. The van der Waals surface area contributed by atoms with Crippen LogP contribution in [0.2, 0.25) is 0 Å². The van der Waals surface area contributed by atoms with E-state index in [1.54, 1.807) is 18.2 Å². The zero-order valence-corrected chi connectivity index (χ0v) is 12.9. The van der Waals surface area contributed by atoms with Crippen LogP contribution in [-0.4, -0.2) is 27.5 Å². The first-order chi connectivity index (χ1) is 7.99. The van der Waals surface area contributed by atoms with Crippen LogP contribution in [0.25, 0.3) is 0 Å². The molecule has 1 saturated heterocycles. The Balaban J connectivity index is 2.24. The van der Waals surface area contributed by atoms with Crippen LogP contribution in [-0.2, 0) is 10.0 Å². The van der Waals surface area contributed by atoms with E-state index >= 15 is 0 Å². The first-order valence-electron chi connectivity index (χ1n) is 5.17. The Hall–Kier alpha value is 0.0500. The van der Waals surface area contributed by atoms with Gasteiger partial charge in [-0.25, -0.2) is 13.1 Å². The molecule has 0 saturated carbocycles. The lowest BCUT2D eigenvalue weighted by Crippen LogP contribution is -2.36. The van der Waals surface area contributed by atoms with Gasteiger partial charge in [0.2, 0.25) is 10.0 Å². The van der Waals surface area contributed by atoms with Crippen molar-refractivity contribution in [1.82, 2.24) is 10.0 Å². The molecular formula is C10H12Br2N2O2S. The highest BCUT2D eigenvalue weighted by Gasteiger charge is 2.24. The molecule has 0 bridgehead atoms. The van der Waals surface area contributed by atoms with Gasteiger partial charge in [0.1, 0.15) is 0 Å². The van der Waals surface area contributed by atoms with Crippen LogP contribution in [0.1, 0.15) is 6.42 Å². The first-order valence-corrected chi connectivity index (χ1v) is 8.24. The monoisotopic (exact) mass is 382 g/mol. The van der Waals surface area contributed by atoms with E-state index in [9.17, 15) is 8.42 Å². The van der Waals surface area contributed by atoms with Crippen molar-refractivity contribution in [3.05, 3.63) is 27.1 Å². The standard InChI is InChI=1S/C10H12Br2N2O2S/c11-7-1-2-10(9(12)5-7)17(15,16)14-8-3-4-13-6-8/h1-2,5,8,13-14H,3-4,6H2/t8-/m1/s1. The molecule has 1 aromatic carbocycles. The summed E-state index contributed by atoms with van der Waals surface area (Å²) < 4.78 is 28.4. The Labute approximate surface area is 117 Å². The predicted octanol–water partition coefficient (Wildman–Crippen LogP) is 1.85. The van der Waals surface area contributed by atoms with Crippen molar-refractivity contribution in [2.45, 2.75) is 17.4 Å². The molecule has 0 unspecified atom stereocenters. The van der Waals surface area contributed by atoms with Gasteiger partial charge in [0, 0.05) is 21.5 Å². The molecule has 0 aromatic heterocycles. The van der Waals surface area contributed by atoms with Crippen molar-refractivity contribution in [3.8, 4) is 0 Å². The van der Waals surface area contributed by atoms with Gasteiger partial charge in [0.05, 0.1) is 4.90 Å². The number of rotatable bonds is 3. The Morgan fingerprint density at radius 3 is 2.71 bits per heavy atom. The summed E-state index contributed by atoms with van der Waals surface area (Å²) in [5, 5.41) is 3.12. The van der Waals surface area contributed by atoms with Crippen LogP contribution in [0.15, 0.2) is 32.0 Å². The number of hydrogen-bond donors (Lipinski definition) is 2. The van der Waals surface area contributed by atoms with Gasteiger partial charge in [-0.15, -0.1) is 0 Å². The maximum absolute atomic E-state index is 12.1. The zero-order valence-electron chi connectivity index (χ0n) is 8.91. The van der Waals surface area contributed by atoms with Crippen molar-refractivity contribution in [2.24, 2.45) is 0 Å². The number of nitrogens with one attached hydrogen (secondary N) is 2. The molecule has 1 aromatic rings. The van der Waals surface area contributed by atoms with Gasteiger partial charge in [0.15, 0.2) is 0 Å². The summed E-state index contributed by atoms with van der Waals surface area (Å²) in [6, 6.07) is 5.00. The SMILES string of the molecule is O=S(=O)(N[C@@H]1CCNC1)c1ccc(Br)cc1Br. The molecule has 7 heteroatoms. The molecule has 1 heterocycles. The fourth-order valence-electron chi connectivity index (χ4n) is 1.73. The van der Waals surface area contributed by atoms with Crippen LogP contribution in [0.3, 0.4) is 0 Å². The average molecular weight is 384 g/mol. The minimum absolute atomic E-state index is 0.0180. The Kier molecular flexibility index (Phi) is 4.25. The lowest BCUT2D eigenvalue weighted by atomic mass is 10.3. The zero-order chi connectivity index (χ0) is 12.5. The highest BCUT2D eigenvalue weighted by Crippen LogP contribution is 2.25. The van der Waals surface area contributed by atoms with Gasteiger partial charge < -0.3 is 5.32 Å². The van der Waals surface area contributed by atoms with E-state index in [-0.39, 0.29) is 10.9 Å². The van der Waals surface area contributed by atoms with Gasteiger partial charge >= 0.3 is 0 Å². The molecule has 0 radical (unpaired) electrons. The lowest BCUT2D eigenvalue weighted by molar-refractivity contribution is 0.559. The topological polar surface area (TPSA) is 58.2 Å². The van der Waals surface area contributed by atoms with E-state index in [2.05, 4.69) is 41.9 Å². The van der Waals surface area contributed by atoms with E-state index in [0.717, 1.165) is 17.4 Å². The summed E-state index contributed by atoms with van der Waals surface area (Å²) in [4.78, 5) is 0.271. The second kappa shape index (κ2) is 5.36. The third kappa shape index (κ3) is 3.29. The normalized spacial score (nSPS) is 20.7. The average Bonchev–Trinajstić information content (AvgIpc) is 2.68. The smallest absolute Gasteiger partial charge is 0.241 e. The molecule has 1 aliphatic rings. The van der Waals surface area contributed by atoms with E-state index in [4.69, 9.17) is 0 Å². The number of benzene rings is 1. The van der Waals surface area contributed by atoms with Crippen molar-refractivity contribution in [1.29, 1.82) is 0 Å². The molecule has 0 spiro atoms. The number of halogens is 2. The van der Waals surface area contributed by atoms with Crippen molar-refractivity contribution in [3.63, 3.8) is 0 Å². The molecular weight excluding hydrogens is 372 g/mol. The number of hydrogen-bond acceptors (Lipinski definition) is 3. The van der Waals surface area contributed by atoms with E-state index in [1.807, 2.05) is 0 Å². The third-order valence-electron chi connectivity index (χ3n) is 2.57. The highest BCUT2D eigenvalue weighted by molar-refractivity contribution is 9.11. The molecule has 0 amide bonds. The molecule has 1 fully saturated rings. The highest BCUT2D eigenvalue weighted by atomic mass is 79.9. The minimum atomic E-state index is -3.45. The fraction of sp³-hybridized carbons (Fsp3) is 0.400. The van der Waals surface area contributed by atoms with Crippen LogP contribution in [0, 0.1) is 0 Å². The molecule has 94 valence electrons. The fourth-order valence-corrected chi connectivity index (χ4v) is 4.75. The molecule has 1 atom stereocenters. The van der Waals surface area contributed by atoms with E-state index in [1.165, 1.54) is 0 Å². The Morgan fingerprint density at radius 2 is 2.12 bits per heavy atom. The van der Waals surface area contributed by atoms with E-state index < -0.39 is 10.0 Å². The van der Waals surface area contributed by atoms with Gasteiger partial charge in [-0.1, -0.05) is 15.9 Å². The summed E-state index contributed by atoms with van der Waals surface area (Å²) in [5.74, 6) is 0. The van der Waals surface area contributed by atoms with Crippen LogP contribution < -0.4 is 10.0 Å². The quantitative estimate of drug-likeness (QED) is 0.837. The second-order valence-corrected chi connectivity index (χ2v) is 7.34. The van der Waals surface area contributed by atoms with Crippen molar-refractivity contribution in [2.75, 3.05) is 13.1 Å². The van der Waals surface area contributed by atoms with Crippen LogP contribution >= 0.6 is 31.9 Å². The van der Waals surface area contributed by atoms with Crippen molar-refractivity contribution < 1.29 is 8.42 Å². The molecule has 0 aliphatic carbocycles. The Bertz CT molecular complexity index is 513. The molecule has 2 rings (SSSR count). The van der Waals surface area contributed by atoms with Gasteiger partial charge in [0.25, 0.3) is 0 Å². The lowest BCUT2D eigenvalue weighted by Gasteiger charge is -2.13.